The van der Waals surface area contributed by atoms with Gasteiger partial charge in [-0.3, -0.25) is 0 Å². The molecular formula is C15H18N2. The molecule has 17 heavy (non-hydrogen) atoms. The van der Waals surface area contributed by atoms with Crippen LogP contribution in [-0.4, -0.2) is 12.6 Å². The third kappa shape index (κ3) is 1.91. The fourth-order valence-electron chi connectivity index (χ4n) is 3.48. The lowest BCUT2D eigenvalue weighted by molar-refractivity contribution is 0.342. The van der Waals surface area contributed by atoms with E-state index in [4.69, 9.17) is 5.26 Å². The summed E-state index contributed by atoms with van der Waals surface area (Å²) >= 11 is 0. The number of anilines is 1. The Balaban J connectivity index is 1.86. The normalized spacial score (nSPS) is 27.6. The molecule has 2 fully saturated rings. The number of hydrogen-bond acceptors (Lipinski definition) is 2. The van der Waals surface area contributed by atoms with Gasteiger partial charge in [-0.1, -0.05) is 18.9 Å². The molecule has 0 amide bonds. The topological polar surface area (TPSA) is 27.0 Å². The van der Waals surface area contributed by atoms with Crippen molar-refractivity contribution in [2.24, 2.45) is 5.92 Å². The quantitative estimate of drug-likeness (QED) is 0.734. The summed E-state index contributed by atoms with van der Waals surface area (Å²) in [5.41, 5.74) is 2.03. The van der Waals surface area contributed by atoms with Crippen LogP contribution in [0, 0.1) is 17.2 Å². The average molecular weight is 226 g/mol. The maximum Gasteiger partial charge on any atom is 0.0992 e. The van der Waals surface area contributed by atoms with Crippen LogP contribution in [0.4, 0.5) is 5.69 Å². The molecule has 0 N–H and O–H groups in total. The van der Waals surface area contributed by atoms with Crippen LogP contribution in [0.15, 0.2) is 24.3 Å². The summed E-state index contributed by atoms with van der Waals surface area (Å²) in [5.74, 6) is 0.898. The third-order valence-corrected chi connectivity index (χ3v) is 4.32. The van der Waals surface area contributed by atoms with Crippen molar-refractivity contribution >= 4 is 5.69 Å². The molecule has 1 saturated carbocycles. The van der Waals surface area contributed by atoms with Crippen LogP contribution in [0.3, 0.4) is 0 Å². The molecule has 1 heterocycles. The second-order valence-electron chi connectivity index (χ2n) is 5.26. The van der Waals surface area contributed by atoms with Gasteiger partial charge in [0.25, 0.3) is 0 Å². The summed E-state index contributed by atoms with van der Waals surface area (Å²) in [7, 11) is 0. The van der Waals surface area contributed by atoms with Crippen LogP contribution in [-0.2, 0) is 0 Å². The smallest absolute Gasteiger partial charge is 0.0992 e. The van der Waals surface area contributed by atoms with Crippen LogP contribution in [0.25, 0.3) is 0 Å². The van der Waals surface area contributed by atoms with Crippen LogP contribution in [0.1, 0.15) is 37.7 Å². The summed E-state index contributed by atoms with van der Waals surface area (Å²) in [5, 5.41) is 8.97. The van der Waals surface area contributed by atoms with Gasteiger partial charge in [-0.2, -0.15) is 5.26 Å². The minimum Gasteiger partial charge on any atom is -0.368 e. The van der Waals surface area contributed by atoms with E-state index in [1.54, 1.807) is 0 Å². The van der Waals surface area contributed by atoms with Gasteiger partial charge in [-0.15, -0.1) is 0 Å². The van der Waals surface area contributed by atoms with Crippen molar-refractivity contribution in [3.8, 4) is 6.07 Å². The van der Waals surface area contributed by atoms with Crippen LogP contribution >= 0.6 is 0 Å². The van der Waals surface area contributed by atoms with E-state index in [1.807, 2.05) is 18.2 Å². The zero-order chi connectivity index (χ0) is 11.7. The van der Waals surface area contributed by atoms with Crippen LogP contribution < -0.4 is 4.90 Å². The molecule has 2 atom stereocenters. The zero-order valence-corrected chi connectivity index (χ0v) is 10.1. The lowest BCUT2D eigenvalue weighted by Crippen LogP contribution is -2.34. The van der Waals surface area contributed by atoms with Gasteiger partial charge < -0.3 is 4.90 Å². The second kappa shape index (κ2) is 4.41. The lowest BCUT2D eigenvalue weighted by Gasteiger charge is -2.33. The first-order valence-corrected chi connectivity index (χ1v) is 6.65. The highest BCUT2D eigenvalue weighted by atomic mass is 15.2. The Morgan fingerprint density at radius 3 is 2.94 bits per heavy atom. The molecule has 2 aliphatic rings. The Labute approximate surface area is 103 Å². The molecular weight excluding hydrogens is 208 g/mol. The van der Waals surface area contributed by atoms with Gasteiger partial charge in [0.15, 0.2) is 0 Å². The van der Waals surface area contributed by atoms with Crippen LogP contribution in [0.5, 0.6) is 0 Å². The molecule has 88 valence electrons. The second-order valence-corrected chi connectivity index (χ2v) is 5.26. The molecule has 1 aromatic carbocycles. The molecule has 1 aliphatic heterocycles. The molecule has 1 saturated heterocycles. The molecule has 0 spiro atoms. The zero-order valence-electron chi connectivity index (χ0n) is 10.1. The summed E-state index contributed by atoms with van der Waals surface area (Å²) < 4.78 is 0. The highest BCUT2D eigenvalue weighted by Crippen LogP contribution is 2.38. The lowest BCUT2D eigenvalue weighted by atomic mass is 9.85. The molecule has 3 rings (SSSR count). The van der Waals surface area contributed by atoms with Crippen molar-refractivity contribution in [2.45, 2.75) is 38.1 Å². The van der Waals surface area contributed by atoms with E-state index in [0.717, 1.165) is 17.5 Å². The van der Waals surface area contributed by atoms with Crippen molar-refractivity contribution in [3.63, 3.8) is 0 Å². The molecule has 0 bridgehead atoms. The van der Waals surface area contributed by atoms with Gasteiger partial charge in [0.1, 0.15) is 0 Å². The Morgan fingerprint density at radius 1 is 1.18 bits per heavy atom. The maximum absolute atomic E-state index is 8.97. The van der Waals surface area contributed by atoms with Crippen LogP contribution in [0.2, 0.25) is 0 Å². The summed E-state index contributed by atoms with van der Waals surface area (Å²) in [6.45, 7) is 1.17. The van der Waals surface area contributed by atoms with Gasteiger partial charge in [-0.05, 0) is 43.4 Å². The first kappa shape index (κ1) is 10.7. The SMILES string of the molecule is N#Cc1cccc(N2CCC3CCCCC32)c1. The Morgan fingerprint density at radius 2 is 2.06 bits per heavy atom. The van der Waals surface area contributed by atoms with E-state index < -0.39 is 0 Å². The number of nitriles is 1. The minimum absolute atomic E-state index is 0.734. The first-order chi connectivity index (χ1) is 8.38. The Hall–Kier alpha value is -1.49. The van der Waals surface area contributed by atoms with Gasteiger partial charge >= 0.3 is 0 Å². The maximum atomic E-state index is 8.97. The number of hydrogen-bond donors (Lipinski definition) is 0. The molecule has 0 radical (unpaired) electrons. The van der Waals surface area contributed by atoms with E-state index in [1.165, 1.54) is 44.3 Å². The van der Waals surface area contributed by atoms with Gasteiger partial charge in [0.05, 0.1) is 11.6 Å². The molecule has 0 aromatic heterocycles. The Kier molecular flexibility index (Phi) is 2.76. The number of fused-ring (bicyclic) bond motifs is 1. The van der Waals surface area contributed by atoms with E-state index in [-0.39, 0.29) is 0 Å². The third-order valence-electron chi connectivity index (χ3n) is 4.32. The predicted octanol–water partition coefficient (Wildman–Crippen LogP) is 3.33. The summed E-state index contributed by atoms with van der Waals surface area (Å²) in [6.07, 6.45) is 6.85. The van der Waals surface area contributed by atoms with Crippen molar-refractivity contribution in [1.82, 2.24) is 0 Å². The monoisotopic (exact) mass is 226 g/mol. The molecule has 2 nitrogen and oxygen atoms in total. The van der Waals surface area contributed by atoms with E-state index >= 15 is 0 Å². The van der Waals surface area contributed by atoms with E-state index in [0.29, 0.717) is 0 Å². The average Bonchev–Trinajstić information content (AvgIpc) is 2.82. The largest absolute Gasteiger partial charge is 0.368 e. The minimum atomic E-state index is 0.734. The van der Waals surface area contributed by atoms with E-state index in [9.17, 15) is 0 Å². The number of benzene rings is 1. The van der Waals surface area contributed by atoms with Crippen molar-refractivity contribution in [2.75, 3.05) is 11.4 Å². The standard InChI is InChI=1S/C15H18N2/c16-11-12-4-3-6-14(10-12)17-9-8-13-5-1-2-7-15(13)17/h3-4,6,10,13,15H,1-2,5,7-9H2. The van der Waals surface area contributed by atoms with Crippen molar-refractivity contribution in [3.05, 3.63) is 29.8 Å². The first-order valence-electron chi connectivity index (χ1n) is 6.65. The highest BCUT2D eigenvalue weighted by Gasteiger charge is 2.35. The number of nitrogens with zero attached hydrogens (tertiary/aromatic N) is 2. The fraction of sp³-hybridized carbons (Fsp3) is 0.533. The van der Waals surface area contributed by atoms with Gasteiger partial charge in [-0.25, -0.2) is 0 Å². The van der Waals surface area contributed by atoms with Crippen molar-refractivity contribution < 1.29 is 0 Å². The highest BCUT2D eigenvalue weighted by molar-refractivity contribution is 5.53. The van der Waals surface area contributed by atoms with Gasteiger partial charge in [0.2, 0.25) is 0 Å². The molecule has 2 unspecified atom stereocenters. The van der Waals surface area contributed by atoms with E-state index in [2.05, 4.69) is 17.0 Å². The molecule has 2 heteroatoms. The molecule has 1 aromatic rings. The summed E-state index contributed by atoms with van der Waals surface area (Å²) in [6, 6.07) is 11.1. The molecule has 1 aliphatic carbocycles. The van der Waals surface area contributed by atoms with Crippen molar-refractivity contribution in [1.29, 1.82) is 5.26 Å². The van der Waals surface area contributed by atoms with Gasteiger partial charge in [0, 0.05) is 18.3 Å². The Bertz CT molecular complexity index is 446. The fourth-order valence-corrected chi connectivity index (χ4v) is 3.48. The predicted molar refractivity (Wildman–Crippen MR) is 68.9 cm³/mol. The number of rotatable bonds is 1. The summed E-state index contributed by atoms with van der Waals surface area (Å²) in [4.78, 5) is 2.53.